The van der Waals surface area contributed by atoms with E-state index in [4.69, 9.17) is 4.98 Å². The van der Waals surface area contributed by atoms with Gasteiger partial charge >= 0.3 is 0 Å². The van der Waals surface area contributed by atoms with E-state index in [9.17, 15) is 8.78 Å². The van der Waals surface area contributed by atoms with E-state index in [1.165, 1.54) is 12.3 Å². The van der Waals surface area contributed by atoms with Crippen molar-refractivity contribution in [3.05, 3.63) is 54.1 Å². The summed E-state index contributed by atoms with van der Waals surface area (Å²) < 4.78 is 26.2. The predicted molar refractivity (Wildman–Crippen MR) is 99.8 cm³/mol. The molecule has 2 aromatic heterocycles. The first-order valence-corrected chi connectivity index (χ1v) is 9.10. The lowest BCUT2D eigenvalue weighted by atomic mass is 9.62. The Labute approximate surface area is 155 Å². The summed E-state index contributed by atoms with van der Waals surface area (Å²) in [6.07, 6.45) is 2.17. The lowest BCUT2D eigenvalue weighted by molar-refractivity contribution is 0.000603. The van der Waals surface area contributed by atoms with Crippen LogP contribution >= 0.6 is 0 Å². The van der Waals surface area contributed by atoms with Crippen molar-refractivity contribution in [3.8, 4) is 0 Å². The fourth-order valence-corrected chi connectivity index (χ4v) is 4.12. The number of rotatable bonds is 4. The summed E-state index contributed by atoms with van der Waals surface area (Å²) in [5.74, 6) is 0.903. The molecule has 138 valence electrons. The molecule has 0 amide bonds. The number of fused-ring (bicyclic) bond motifs is 1. The van der Waals surface area contributed by atoms with Gasteiger partial charge in [-0.1, -0.05) is 18.2 Å². The Balaban J connectivity index is 1.39. The number of para-hydroxylation sites is 1. The summed E-state index contributed by atoms with van der Waals surface area (Å²) in [6, 6.07) is 10.9. The maximum Gasteiger partial charge on any atom is 0.225 e. The minimum Gasteiger partial charge on any atom is -0.355 e. The molecule has 7 heteroatoms. The molecule has 0 atom stereocenters. The molecule has 0 unspecified atom stereocenters. The Hall–Kier alpha value is -2.83. The largest absolute Gasteiger partial charge is 0.355 e. The zero-order valence-corrected chi connectivity index (χ0v) is 14.7. The number of hydrogen-bond acceptors (Lipinski definition) is 5. The SMILES string of the molecule is Fc1ccc(CNc2nc(N3CC4(CC(F)C4)C3)c3ccccc3n2)cn1. The highest BCUT2D eigenvalue weighted by molar-refractivity contribution is 5.91. The van der Waals surface area contributed by atoms with Crippen LogP contribution in [0.4, 0.5) is 20.5 Å². The van der Waals surface area contributed by atoms with Gasteiger partial charge in [-0.15, -0.1) is 0 Å². The first-order chi connectivity index (χ1) is 13.1. The van der Waals surface area contributed by atoms with Crippen LogP contribution < -0.4 is 10.2 Å². The topological polar surface area (TPSA) is 53.9 Å². The number of pyridine rings is 1. The molecule has 1 spiro atoms. The van der Waals surface area contributed by atoms with E-state index < -0.39 is 12.1 Å². The second-order valence-corrected chi connectivity index (χ2v) is 7.59. The summed E-state index contributed by atoms with van der Waals surface area (Å²) in [5, 5.41) is 4.20. The van der Waals surface area contributed by atoms with Gasteiger partial charge in [0.05, 0.1) is 5.52 Å². The molecular weight excluding hydrogens is 348 g/mol. The molecule has 27 heavy (non-hydrogen) atoms. The zero-order chi connectivity index (χ0) is 18.4. The van der Waals surface area contributed by atoms with Crippen molar-refractivity contribution < 1.29 is 8.78 Å². The molecule has 1 aliphatic heterocycles. The third-order valence-electron chi connectivity index (χ3n) is 5.48. The maximum atomic E-state index is 13.3. The number of aromatic nitrogens is 3. The normalized spacial score (nSPS) is 18.4. The maximum absolute atomic E-state index is 13.3. The van der Waals surface area contributed by atoms with Gasteiger partial charge in [-0.2, -0.15) is 9.37 Å². The minimum absolute atomic E-state index is 0.138. The van der Waals surface area contributed by atoms with Gasteiger partial charge < -0.3 is 10.2 Å². The number of anilines is 2. The van der Waals surface area contributed by atoms with Crippen LogP contribution in [0.5, 0.6) is 0 Å². The second kappa shape index (κ2) is 6.11. The third-order valence-corrected chi connectivity index (χ3v) is 5.48. The van der Waals surface area contributed by atoms with Gasteiger partial charge in [-0.05, 0) is 36.6 Å². The van der Waals surface area contributed by atoms with Crippen molar-refractivity contribution >= 4 is 22.7 Å². The van der Waals surface area contributed by atoms with Gasteiger partial charge in [-0.25, -0.2) is 14.4 Å². The second-order valence-electron chi connectivity index (χ2n) is 7.59. The molecule has 5 nitrogen and oxygen atoms in total. The van der Waals surface area contributed by atoms with E-state index in [1.807, 2.05) is 24.3 Å². The van der Waals surface area contributed by atoms with Gasteiger partial charge in [0, 0.05) is 36.6 Å². The third kappa shape index (κ3) is 2.97. The minimum atomic E-state index is -0.643. The number of alkyl halides is 1. The van der Waals surface area contributed by atoms with Gasteiger partial charge in [0.15, 0.2) is 0 Å². The van der Waals surface area contributed by atoms with Gasteiger partial charge in [0.1, 0.15) is 12.0 Å². The lowest BCUT2D eigenvalue weighted by Gasteiger charge is -2.57. The summed E-state index contributed by atoms with van der Waals surface area (Å²) >= 11 is 0. The average Bonchev–Trinajstić information content (AvgIpc) is 2.62. The molecule has 1 aromatic carbocycles. The monoisotopic (exact) mass is 367 g/mol. The number of hydrogen-bond donors (Lipinski definition) is 1. The standard InChI is InChI=1S/C20H19F2N5/c21-14-7-20(8-14)11-27(12-20)18-15-3-1-2-4-16(15)25-19(26-18)24-10-13-5-6-17(22)23-9-13/h1-6,9,14H,7-8,10-12H2,(H,24,25,26). The summed E-state index contributed by atoms with van der Waals surface area (Å²) in [6.45, 7) is 2.14. The molecular formula is C20H19F2N5. The predicted octanol–water partition coefficient (Wildman–Crippen LogP) is 3.71. The molecule has 2 aliphatic rings. The van der Waals surface area contributed by atoms with E-state index >= 15 is 0 Å². The van der Waals surface area contributed by atoms with E-state index in [2.05, 4.69) is 20.2 Å². The van der Waals surface area contributed by atoms with Crippen molar-refractivity contribution in [2.45, 2.75) is 25.6 Å². The molecule has 0 bridgehead atoms. The molecule has 5 rings (SSSR count). The molecule has 1 saturated heterocycles. The van der Waals surface area contributed by atoms with Crippen molar-refractivity contribution in [2.24, 2.45) is 5.41 Å². The van der Waals surface area contributed by atoms with E-state index in [-0.39, 0.29) is 5.41 Å². The van der Waals surface area contributed by atoms with E-state index in [0.717, 1.165) is 35.4 Å². The average molecular weight is 367 g/mol. The first-order valence-electron chi connectivity index (χ1n) is 9.10. The molecule has 0 radical (unpaired) electrons. The van der Waals surface area contributed by atoms with Crippen molar-refractivity contribution in [2.75, 3.05) is 23.3 Å². The molecule has 2 fully saturated rings. The van der Waals surface area contributed by atoms with Crippen LogP contribution in [-0.4, -0.2) is 34.2 Å². The van der Waals surface area contributed by atoms with Crippen LogP contribution in [0.2, 0.25) is 0 Å². The Kier molecular flexibility index (Phi) is 3.70. The van der Waals surface area contributed by atoms with Crippen molar-refractivity contribution in [1.82, 2.24) is 15.0 Å². The Morgan fingerprint density at radius 3 is 2.67 bits per heavy atom. The fourth-order valence-electron chi connectivity index (χ4n) is 4.12. The molecule has 3 aromatic rings. The van der Waals surface area contributed by atoms with Crippen LogP contribution in [0.1, 0.15) is 18.4 Å². The van der Waals surface area contributed by atoms with Crippen molar-refractivity contribution in [1.29, 1.82) is 0 Å². The zero-order valence-electron chi connectivity index (χ0n) is 14.7. The molecule has 3 heterocycles. The Morgan fingerprint density at radius 2 is 1.93 bits per heavy atom. The Bertz CT molecular complexity index is 977. The van der Waals surface area contributed by atoms with Gasteiger partial charge in [-0.3, -0.25) is 0 Å². The smallest absolute Gasteiger partial charge is 0.225 e. The number of halogens is 2. The van der Waals surface area contributed by atoms with Gasteiger partial charge in [0.25, 0.3) is 0 Å². The highest BCUT2D eigenvalue weighted by atomic mass is 19.1. The van der Waals surface area contributed by atoms with Crippen LogP contribution in [0.15, 0.2) is 42.6 Å². The van der Waals surface area contributed by atoms with Crippen molar-refractivity contribution in [3.63, 3.8) is 0 Å². The van der Waals surface area contributed by atoms with Crippen LogP contribution in [0.25, 0.3) is 10.9 Å². The number of nitrogens with one attached hydrogen (secondary N) is 1. The summed E-state index contributed by atoms with van der Waals surface area (Å²) in [4.78, 5) is 15.2. The molecule has 1 N–H and O–H groups in total. The van der Waals surface area contributed by atoms with Crippen LogP contribution in [0, 0.1) is 11.4 Å². The summed E-state index contributed by atoms with van der Waals surface area (Å²) in [5.41, 5.74) is 1.85. The molecule has 1 aliphatic carbocycles. The molecule has 1 saturated carbocycles. The fraction of sp³-hybridized carbons (Fsp3) is 0.350. The first kappa shape index (κ1) is 16.4. The van der Waals surface area contributed by atoms with Gasteiger partial charge in [0.2, 0.25) is 11.9 Å². The lowest BCUT2D eigenvalue weighted by Crippen LogP contribution is -2.63. The highest BCUT2D eigenvalue weighted by Crippen LogP contribution is 2.51. The van der Waals surface area contributed by atoms with E-state index in [0.29, 0.717) is 25.3 Å². The number of nitrogens with zero attached hydrogens (tertiary/aromatic N) is 4. The van der Waals surface area contributed by atoms with Crippen LogP contribution in [0.3, 0.4) is 0 Å². The Morgan fingerprint density at radius 1 is 1.11 bits per heavy atom. The summed E-state index contributed by atoms with van der Waals surface area (Å²) in [7, 11) is 0. The van der Waals surface area contributed by atoms with Crippen LogP contribution in [-0.2, 0) is 6.54 Å². The highest BCUT2D eigenvalue weighted by Gasteiger charge is 2.53. The number of benzene rings is 1. The van der Waals surface area contributed by atoms with E-state index in [1.54, 1.807) is 6.07 Å². The quantitative estimate of drug-likeness (QED) is 0.713.